The molecular weight excluding hydrogens is 272 g/mol. The van der Waals surface area contributed by atoms with Crippen LogP contribution in [-0.4, -0.2) is 58.4 Å². The van der Waals surface area contributed by atoms with E-state index in [1.165, 1.54) is 4.90 Å². The minimum Gasteiger partial charge on any atom is -0.481 e. The molecular formula is C15H22N2O4. The van der Waals surface area contributed by atoms with Crippen LogP contribution in [0.1, 0.15) is 32.1 Å². The third-order valence-corrected chi connectivity index (χ3v) is 4.00. The summed E-state index contributed by atoms with van der Waals surface area (Å²) in [5.41, 5.74) is 0. The summed E-state index contributed by atoms with van der Waals surface area (Å²) >= 11 is 0. The number of carbonyl (C=O) groups excluding carboxylic acids is 2. The molecule has 2 rings (SSSR count). The van der Waals surface area contributed by atoms with E-state index in [-0.39, 0.29) is 24.2 Å². The van der Waals surface area contributed by atoms with Crippen molar-refractivity contribution in [3.63, 3.8) is 0 Å². The van der Waals surface area contributed by atoms with Crippen molar-refractivity contribution in [2.24, 2.45) is 5.92 Å². The van der Waals surface area contributed by atoms with Gasteiger partial charge in [0.2, 0.25) is 11.8 Å². The summed E-state index contributed by atoms with van der Waals surface area (Å²) in [6, 6.07) is -0.840. The van der Waals surface area contributed by atoms with Gasteiger partial charge in [0.05, 0.1) is 6.42 Å². The number of nitrogens with zero attached hydrogens (tertiary/aromatic N) is 2. The van der Waals surface area contributed by atoms with Crippen LogP contribution in [0.2, 0.25) is 0 Å². The Morgan fingerprint density at radius 1 is 1.33 bits per heavy atom. The molecule has 1 saturated carbocycles. The van der Waals surface area contributed by atoms with E-state index in [4.69, 9.17) is 5.11 Å². The first-order valence-electron chi connectivity index (χ1n) is 7.46. The largest absolute Gasteiger partial charge is 0.481 e. The van der Waals surface area contributed by atoms with Crippen LogP contribution >= 0.6 is 0 Å². The fraction of sp³-hybridized carbons (Fsp3) is 0.667. The number of carboxylic acid groups (broad SMARTS) is 1. The van der Waals surface area contributed by atoms with Crippen molar-refractivity contribution in [3.05, 3.63) is 12.7 Å². The predicted molar refractivity (Wildman–Crippen MR) is 76.5 cm³/mol. The van der Waals surface area contributed by atoms with E-state index in [0.717, 1.165) is 25.7 Å². The second-order valence-electron chi connectivity index (χ2n) is 5.68. The molecule has 2 aliphatic rings. The Morgan fingerprint density at radius 3 is 2.62 bits per heavy atom. The first-order valence-corrected chi connectivity index (χ1v) is 7.46. The molecule has 2 fully saturated rings. The smallest absolute Gasteiger partial charge is 0.305 e. The maximum Gasteiger partial charge on any atom is 0.305 e. The maximum atomic E-state index is 12.5. The zero-order valence-electron chi connectivity index (χ0n) is 12.2. The van der Waals surface area contributed by atoms with Gasteiger partial charge in [-0.05, 0) is 25.7 Å². The summed E-state index contributed by atoms with van der Waals surface area (Å²) in [7, 11) is 0. The first kappa shape index (κ1) is 15.5. The first-order chi connectivity index (χ1) is 10.0. The van der Waals surface area contributed by atoms with E-state index in [9.17, 15) is 14.4 Å². The minimum absolute atomic E-state index is 0.00131. The van der Waals surface area contributed by atoms with Crippen LogP contribution in [0.5, 0.6) is 0 Å². The fourth-order valence-electron chi connectivity index (χ4n) is 2.68. The van der Waals surface area contributed by atoms with Crippen LogP contribution < -0.4 is 0 Å². The molecule has 1 heterocycles. The maximum absolute atomic E-state index is 12.5. The molecule has 1 unspecified atom stereocenters. The topological polar surface area (TPSA) is 77.9 Å². The van der Waals surface area contributed by atoms with Gasteiger partial charge in [-0.25, -0.2) is 0 Å². The molecule has 21 heavy (non-hydrogen) atoms. The van der Waals surface area contributed by atoms with Gasteiger partial charge in [-0.15, -0.1) is 6.58 Å². The molecule has 0 bridgehead atoms. The average molecular weight is 294 g/mol. The molecule has 0 aromatic heterocycles. The normalized spacial score (nSPS) is 22.3. The van der Waals surface area contributed by atoms with Gasteiger partial charge >= 0.3 is 5.97 Å². The molecule has 1 saturated heterocycles. The summed E-state index contributed by atoms with van der Waals surface area (Å²) in [6.07, 6.45) is 4.82. The van der Waals surface area contributed by atoms with Crippen LogP contribution in [0.15, 0.2) is 12.7 Å². The third kappa shape index (κ3) is 3.83. The Bertz CT molecular complexity index is 445. The summed E-state index contributed by atoms with van der Waals surface area (Å²) in [6.45, 7) is 5.16. The van der Waals surface area contributed by atoms with Crippen LogP contribution in [0.4, 0.5) is 0 Å². The van der Waals surface area contributed by atoms with Crippen molar-refractivity contribution < 1.29 is 19.5 Å². The molecule has 6 nitrogen and oxygen atoms in total. The summed E-state index contributed by atoms with van der Waals surface area (Å²) in [4.78, 5) is 38.8. The van der Waals surface area contributed by atoms with Gasteiger partial charge in [-0.2, -0.15) is 0 Å². The van der Waals surface area contributed by atoms with Gasteiger partial charge in [0.15, 0.2) is 0 Å². The van der Waals surface area contributed by atoms with Crippen LogP contribution in [-0.2, 0) is 14.4 Å². The van der Waals surface area contributed by atoms with Crippen molar-refractivity contribution in [2.75, 3.05) is 19.6 Å². The second kappa shape index (κ2) is 6.74. The van der Waals surface area contributed by atoms with E-state index in [1.54, 1.807) is 11.0 Å². The SMILES string of the molecule is C=CCCCN1CCN(C(=O)C2CC2)C(CC(=O)O)C1=O. The number of amides is 2. The van der Waals surface area contributed by atoms with Gasteiger partial charge in [-0.3, -0.25) is 14.4 Å². The predicted octanol–water partition coefficient (Wildman–Crippen LogP) is 0.877. The van der Waals surface area contributed by atoms with E-state index in [1.807, 2.05) is 0 Å². The monoisotopic (exact) mass is 294 g/mol. The Balaban J connectivity index is 2.03. The fourth-order valence-corrected chi connectivity index (χ4v) is 2.68. The highest BCUT2D eigenvalue weighted by molar-refractivity contribution is 5.92. The van der Waals surface area contributed by atoms with E-state index >= 15 is 0 Å². The van der Waals surface area contributed by atoms with Gasteiger partial charge in [0.25, 0.3) is 0 Å². The number of carbonyl (C=O) groups is 3. The number of allylic oxidation sites excluding steroid dienone is 1. The minimum atomic E-state index is -1.05. The van der Waals surface area contributed by atoms with Crippen molar-refractivity contribution >= 4 is 17.8 Å². The Hall–Kier alpha value is -1.85. The van der Waals surface area contributed by atoms with E-state index in [0.29, 0.717) is 19.6 Å². The number of unbranched alkanes of at least 4 members (excludes halogenated alkanes) is 1. The molecule has 2 amide bonds. The number of hydrogen-bond donors (Lipinski definition) is 1. The van der Waals surface area contributed by atoms with Crippen LogP contribution in [0.3, 0.4) is 0 Å². The van der Waals surface area contributed by atoms with Crippen LogP contribution in [0.25, 0.3) is 0 Å². The molecule has 6 heteroatoms. The lowest BCUT2D eigenvalue weighted by molar-refractivity contribution is -0.156. The number of carboxylic acids is 1. The molecule has 116 valence electrons. The van der Waals surface area contributed by atoms with Gasteiger partial charge in [0, 0.05) is 25.6 Å². The van der Waals surface area contributed by atoms with Crippen molar-refractivity contribution in [2.45, 2.75) is 38.1 Å². The number of aliphatic carboxylic acids is 1. The lowest BCUT2D eigenvalue weighted by Crippen LogP contribution is -2.59. The molecule has 1 aliphatic heterocycles. The molecule has 0 spiro atoms. The average Bonchev–Trinajstić information content (AvgIpc) is 3.26. The highest BCUT2D eigenvalue weighted by atomic mass is 16.4. The Morgan fingerprint density at radius 2 is 2.05 bits per heavy atom. The van der Waals surface area contributed by atoms with Gasteiger partial charge < -0.3 is 14.9 Å². The molecule has 0 aromatic rings. The zero-order chi connectivity index (χ0) is 15.4. The lowest BCUT2D eigenvalue weighted by Gasteiger charge is -2.40. The lowest BCUT2D eigenvalue weighted by atomic mass is 10.1. The third-order valence-electron chi connectivity index (χ3n) is 4.00. The summed E-state index contributed by atoms with van der Waals surface area (Å²) in [5, 5.41) is 9.02. The van der Waals surface area contributed by atoms with Gasteiger partial charge in [-0.1, -0.05) is 6.08 Å². The number of piperazine rings is 1. The summed E-state index contributed by atoms with van der Waals surface area (Å²) in [5.74, 6) is -1.33. The highest BCUT2D eigenvalue weighted by Gasteiger charge is 2.43. The molecule has 1 aliphatic carbocycles. The van der Waals surface area contributed by atoms with Crippen molar-refractivity contribution in [1.29, 1.82) is 0 Å². The molecule has 1 N–H and O–H groups in total. The number of hydrogen-bond acceptors (Lipinski definition) is 3. The van der Waals surface area contributed by atoms with Crippen molar-refractivity contribution in [1.82, 2.24) is 9.80 Å². The van der Waals surface area contributed by atoms with Crippen molar-refractivity contribution in [3.8, 4) is 0 Å². The standard InChI is InChI=1S/C15H22N2O4/c1-2-3-4-7-16-8-9-17(14(20)11-5-6-11)12(15(16)21)10-13(18)19/h2,11-12H,1,3-10H2,(H,18,19). The molecule has 0 radical (unpaired) electrons. The zero-order valence-corrected chi connectivity index (χ0v) is 12.2. The second-order valence-corrected chi connectivity index (χ2v) is 5.68. The highest BCUT2D eigenvalue weighted by Crippen LogP contribution is 2.32. The molecule has 1 atom stereocenters. The van der Waals surface area contributed by atoms with Gasteiger partial charge in [0.1, 0.15) is 6.04 Å². The van der Waals surface area contributed by atoms with Crippen LogP contribution in [0, 0.1) is 5.92 Å². The quantitative estimate of drug-likeness (QED) is 0.558. The number of rotatable bonds is 7. The summed E-state index contributed by atoms with van der Waals surface area (Å²) < 4.78 is 0. The Labute approximate surface area is 124 Å². The van der Waals surface area contributed by atoms with E-state index < -0.39 is 12.0 Å². The van der Waals surface area contributed by atoms with E-state index in [2.05, 4.69) is 6.58 Å². The Kier molecular flexibility index (Phi) is 4.98. The molecule has 0 aromatic carbocycles.